The molecule has 7 heteroatoms. The van der Waals surface area contributed by atoms with Crippen LogP contribution < -0.4 is 0 Å². The van der Waals surface area contributed by atoms with Gasteiger partial charge in [-0.15, -0.1) is 11.3 Å². The molecule has 0 amide bonds. The molecular weight excluding hydrogens is 313 g/mol. The van der Waals surface area contributed by atoms with Crippen molar-refractivity contribution in [2.75, 3.05) is 0 Å². The number of thiazole rings is 1. The highest BCUT2D eigenvalue weighted by Gasteiger charge is 2.22. The monoisotopic (exact) mass is 315 g/mol. The largest absolute Gasteiger partial charge is 0.247 e. The molecule has 0 fully saturated rings. The first-order chi connectivity index (χ1) is 7.04. The van der Waals surface area contributed by atoms with Gasteiger partial charge in [0.2, 0.25) is 3.12 Å². The van der Waals surface area contributed by atoms with E-state index in [1.807, 2.05) is 24.3 Å². The maximum absolute atomic E-state index is 5.63. The van der Waals surface area contributed by atoms with Crippen LogP contribution >= 0.6 is 67.7 Å². The number of hydrogen-bond acceptors (Lipinski definition) is 4. The van der Waals surface area contributed by atoms with E-state index in [-0.39, 0.29) is 0 Å². The van der Waals surface area contributed by atoms with E-state index in [2.05, 4.69) is 4.98 Å². The van der Waals surface area contributed by atoms with Crippen molar-refractivity contribution in [3.8, 4) is 0 Å². The molecule has 0 bridgehead atoms. The molecule has 80 valence electrons. The zero-order valence-corrected chi connectivity index (χ0v) is 11.8. The highest BCUT2D eigenvalue weighted by Crippen LogP contribution is 2.50. The average molecular weight is 317 g/mol. The van der Waals surface area contributed by atoms with Gasteiger partial charge in [0.05, 0.1) is 10.2 Å². The maximum Gasteiger partial charge on any atom is 0.247 e. The average Bonchev–Trinajstić information content (AvgIpc) is 2.56. The number of benzene rings is 1. The van der Waals surface area contributed by atoms with E-state index < -0.39 is 3.12 Å². The van der Waals surface area contributed by atoms with Gasteiger partial charge in [0.15, 0.2) is 4.34 Å². The Morgan fingerprint density at radius 1 is 1.20 bits per heavy atom. The van der Waals surface area contributed by atoms with Gasteiger partial charge in [0, 0.05) is 0 Å². The highest BCUT2D eigenvalue weighted by molar-refractivity contribution is 8.78. The first-order valence-electron chi connectivity index (χ1n) is 3.82. The van der Waals surface area contributed by atoms with Gasteiger partial charge in [-0.2, -0.15) is 0 Å². The topological polar surface area (TPSA) is 12.9 Å². The van der Waals surface area contributed by atoms with Crippen molar-refractivity contribution in [1.82, 2.24) is 4.98 Å². The fraction of sp³-hybridized carbons (Fsp3) is 0.125. The third-order valence-electron chi connectivity index (χ3n) is 1.48. The first-order valence-corrected chi connectivity index (χ1v) is 7.92. The minimum Gasteiger partial charge on any atom is -0.229 e. The van der Waals surface area contributed by atoms with Crippen LogP contribution in [-0.4, -0.2) is 8.11 Å². The summed E-state index contributed by atoms with van der Waals surface area (Å²) in [7, 11) is 2.54. The molecule has 2 aromatic rings. The minimum atomic E-state index is -1.30. The van der Waals surface area contributed by atoms with E-state index in [9.17, 15) is 0 Å². The van der Waals surface area contributed by atoms with Gasteiger partial charge in [-0.1, -0.05) is 46.9 Å². The molecule has 1 aromatic carbocycles. The van der Waals surface area contributed by atoms with E-state index in [0.29, 0.717) is 0 Å². The summed E-state index contributed by atoms with van der Waals surface area (Å²) in [6.07, 6.45) is 0. The van der Waals surface area contributed by atoms with E-state index >= 15 is 0 Å². The van der Waals surface area contributed by atoms with Crippen LogP contribution in [-0.2, 0) is 0 Å². The third kappa shape index (κ3) is 3.58. The summed E-state index contributed by atoms with van der Waals surface area (Å²) in [4.78, 5) is 4.40. The van der Waals surface area contributed by atoms with Crippen molar-refractivity contribution in [1.29, 1.82) is 0 Å². The second-order valence-electron chi connectivity index (χ2n) is 2.56. The molecule has 0 unspecified atom stereocenters. The van der Waals surface area contributed by atoms with Crippen LogP contribution in [0.4, 0.5) is 0 Å². The lowest BCUT2D eigenvalue weighted by molar-refractivity contribution is 1.31. The SMILES string of the molecule is ClC(Cl)(Cl)SSc1nc2ccccc2s1. The van der Waals surface area contributed by atoms with Gasteiger partial charge in [0.25, 0.3) is 0 Å². The normalized spacial score (nSPS) is 12.2. The number of alkyl halides is 3. The van der Waals surface area contributed by atoms with Crippen molar-refractivity contribution in [3.63, 3.8) is 0 Å². The van der Waals surface area contributed by atoms with Crippen LogP contribution in [0.2, 0.25) is 0 Å². The molecule has 0 aliphatic carbocycles. The van der Waals surface area contributed by atoms with Gasteiger partial charge in [0.1, 0.15) is 0 Å². The number of nitrogens with zero attached hydrogens (tertiary/aromatic N) is 1. The van der Waals surface area contributed by atoms with Crippen molar-refractivity contribution < 1.29 is 0 Å². The number of rotatable bonds is 2. The Kier molecular flexibility index (Phi) is 3.97. The Morgan fingerprint density at radius 3 is 2.60 bits per heavy atom. The molecule has 0 saturated carbocycles. The van der Waals surface area contributed by atoms with Gasteiger partial charge in [-0.25, -0.2) is 4.98 Å². The summed E-state index contributed by atoms with van der Waals surface area (Å²) < 4.78 is 0.736. The number of halogens is 3. The van der Waals surface area contributed by atoms with Crippen LogP contribution in [0.1, 0.15) is 0 Å². The highest BCUT2D eigenvalue weighted by atomic mass is 35.6. The summed E-state index contributed by atoms with van der Waals surface area (Å²) in [5.41, 5.74) is 0.981. The molecule has 0 aliphatic heterocycles. The van der Waals surface area contributed by atoms with E-state index in [0.717, 1.165) is 25.4 Å². The summed E-state index contributed by atoms with van der Waals surface area (Å²) in [5.74, 6) is 0. The summed E-state index contributed by atoms with van der Waals surface area (Å²) in [5, 5.41) is 0. The van der Waals surface area contributed by atoms with Crippen molar-refractivity contribution in [3.05, 3.63) is 24.3 Å². The lowest BCUT2D eigenvalue weighted by Gasteiger charge is -2.05. The molecule has 1 aromatic heterocycles. The molecule has 2 rings (SSSR count). The second-order valence-corrected chi connectivity index (χ2v) is 9.13. The summed E-state index contributed by atoms with van der Waals surface area (Å²) in [6.45, 7) is 0. The molecule has 0 atom stereocenters. The van der Waals surface area contributed by atoms with Crippen LogP contribution in [0.15, 0.2) is 28.6 Å². The zero-order valence-electron chi connectivity index (χ0n) is 7.12. The molecule has 15 heavy (non-hydrogen) atoms. The Labute approximate surface area is 114 Å². The lowest BCUT2D eigenvalue weighted by atomic mass is 10.3. The first kappa shape index (κ1) is 12.1. The number of hydrogen-bond donors (Lipinski definition) is 0. The Hall–Kier alpha value is 0.680. The van der Waals surface area contributed by atoms with Crippen molar-refractivity contribution in [2.45, 2.75) is 7.46 Å². The van der Waals surface area contributed by atoms with Crippen molar-refractivity contribution >= 4 is 77.9 Å². The molecule has 0 aliphatic rings. The predicted octanol–water partition coefficient (Wildman–Crippen LogP) is 5.36. The number of fused-ring (bicyclic) bond motifs is 1. The summed E-state index contributed by atoms with van der Waals surface area (Å²) in [6, 6.07) is 7.93. The molecule has 0 radical (unpaired) electrons. The molecule has 0 spiro atoms. The number of aromatic nitrogens is 1. The number of para-hydroxylation sites is 1. The minimum absolute atomic E-state index is 0.896. The Morgan fingerprint density at radius 2 is 1.93 bits per heavy atom. The van der Waals surface area contributed by atoms with Crippen LogP contribution in [0.3, 0.4) is 0 Å². The quantitative estimate of drug-likeness (QED) is 0.546. The lowest BCUT2D eigenvalue weighted by Crippen LogP contribution is -1.88. The smallest absolute Gasteiger partial charge is 0.229 e. The molecule has 0 N–H and O–H groups in total. The van der Waals surface area contributed by atoms with Crippen LogP contribution in [0.25, 0.3) is 10.2 Å². The molecule has 1 nitrogen and oxygen atoms in total. The summed E-state index contributed by atoms with van der Waals surface area (Å²) >= 11 is 18.5. The molecular formula is C8H4Cl3NS3. The van der Waals surface area contributed by atoms with Crippen molar-refractivity contribution in [2.24, 2.45) is 0 Å². The van der Waals surface area contributed by atoms with Crippen LogP contribution in [0, 0.1) is 0 Å². The van der Waals surface area contributed by atoms with E-state index in [1.165, 1.54) is 10.8 Å². The van der Waals surface area contributed by atoms with Gasteiger partial charge >= 0.3 is 0 Å². The van der Waals surface area contributed by atoms with Gasteiger partial charge in [-0.05, 0) is 33.7 Å². The predicted molar refractivity (Wildman–Crippen MR) is 73.4 cm³/mol. The fourth-order valence-corrected chi connectivity index (χ4v) is 4.45. The standard InChI is InChI=1S/C8H4Cl3NS3/c9-8(10,11)15-14-7-12-5-3-1-2-4-6(5)13-7/h1-4H. The fourth-order valence-electron chi connectivity index (χ4n) is 0.970. The maximum atomic E-state index is 5.63. The van der Waals surface area contributed by atoms with Crippen LogP contribution in [0.5, 0.6) is 0 Å². The van der Waals surface area contributed by atoms with E-state index in [4.69, 9.17) is 34.8 Å². The zero-order chi connectivity index (χ0) is 10.9. The molecule has 0 saturated heterocycles. The molecule has 1 heterocycles. The third-order valence-corrected chi connectivity index (χ3v) is 6.63. The Balaban J connectivity index is 2.16. The van der Waals surface area contributed by atoms with E-state index in [1.54, 1.807) is 11.3 Å². The Bertz CT molecular complexity index is 432. The van der Waals surface area contributed by atoms with Gasteiger partial charge < -0.3 is 0 Å². The second kappa shape index (κ2) is 4.90. The van der Waals surface area contributed by atoms with Gasteiger partial charge in [-0.3, -0.25) is 0 Å².